The standard InChI is InChI=1S/C8H11BrO/c1-2-3-8(10)6-4-5-7(6)9/h2,8,10H,1,3-5H2. The lowest BCUT2D eigenvalue weighted by atomic mass is 9.92. The summed E-state index contributed by atoms with van der Waals surface area (Å²) in [5.41, 5.74) is 1.15. The van der Waals surface area contributed by atoms with Crippen LogP contribution in [0.15, 0.2) is 22.7 Å². The molecule has 1 unspecified atom stereocenters. The highest BCUT2D eigenvalue weighted by Gasteiger charge is 2.20. The second-order valence-corrected chi connectivity index (χ2v) is 3.43. The van der Waals surface area contributed by atoms with Crippen molar-refractivity contribution in [2.45, 2.75) is 25.4 Å². The van der Waals surface area contributed by atoms with Crippen molar-refractivity contribution in [1.82, 2.24) is 0 Å². The summed E-state index contributed by atoms with van der Waals surface area (Å²) in [4.78, 5) is 0. The van der Waals surface area contributed by atoms with Gasteiger partial charge in [0.2, 0.25) is 0 Å². The molecule has 0 radical (unpaired) electrons. The molecule has 0 fully saturated rings. The zero-order valence-corrected chi connectivity index (χ0v) is 7.39. The van der Waals surface area contributed by atoms with Crippen molar-refractivity contribution in [2.75, 3.05) is 0 Å². The second kappa shape index (κ2) is 3.35. The molecule has 1 N–H and O–H groups in total. The van der Waals surface area contributed by atoms with Crippen molar-refractivity contribution in [3.63, 3.8) is 0 Å². The van der Waals surface area contributed by atoms with Gasteiger partial charge < -0.3 is 5.11 Å². The number of hydrogen-bond acceptors (Lipinski definition) is 1. The molecule has 2 heteroatoms. The fourth-order valence-corrected chi connectivity index (χ4v) is 1.67. The van der Waals surface area contributed by atoms with E-state index in [9.17, 15) is 5.11 Å². The van der Waals surface area contributed by atoms with Gasteiger partial charge in [-0.1, -0.05) is 22.0 Å². The molecule has 0 aromatic rings. The maximum atomic E-state index is 9.38. The van der Waals surface area contributed by atoms with Crippen molar-refractivity contribution >= 4 is 15.9 Å². The van der Waals surface area contributed by atoms with Crippen LogP contribution in [0.3, 0.4) is 0 Å². The van der Waals surface area contributed by atoms with Crippen LogP contribution in [0.1, 0.15) is 19.3 Å². The number of halogens is 1. The molecule has 1 aliphatic carbocycles. The fourth-order valence-electron chi connectivity index (χ4n) is 1.01. The van der Waals surface area contributed by atoms with E-state index in [-0.39, 0.29) is 6.10 Å². The molecule has 0 aromatic carbocycles. The van der Waals surface area contributed by atoms with E-state index in [1.807, 2.05) is 0 Å². The van der Waals surface area contributed by atoms with Crippen molar-refractivity contribution in [1.29, 1.82) is 0 Å². The highest BCUT2D eigenvalue weighted by molar-refractivity contribution is 9.11. The summed E-state index contributed by atoms with van der Waals surface area (Å²) in [5.74, 6) is 0. The summed E-state index contributed by atoms with van der Waals surface area (Å²) in [6.45, 7) is 3.57. The summed E-state index contributed by atoms with van der Waals surface area (Å²) >= 11 is 3.38. The van der Waals surface area contributed by atoms with E-state index < -0.39 is 0 Å². The number of aliphatic hydroxyl groups is 1. The van der Waals surface area contributed by atoms with Gasteiger partial charge in [-0.25, -0.2) is 0 Å². The highest BCUT2D eigenvalue weighted by Crippen LogP contribution is 2.35. The summed E-state index contributed by atoms with van der Waals surface area (Å²) in [7, 11) is 0. The van der Waals surface area contributed by atoms with Gasteiger partial charge in [-0.3, -0.25) is 0 Å². The average molecular weight is 203 g/mol. The van der Waals surface area contributed by atoms with Crippen LogP contribution in [0.2, 0.25) is 0 Å². The summed E-state index contributed by atoms with van der Waals surface area (Å²) < 4.78 is 1.18. The normalized spacial score (nSPS) is 20.2. The Balaban J connectivity index is 2.49. The van der Waals surface area contributed by atoms with E-state index in [1.165, 1.54) is 4.48 Å². The maximum Gasteiger partial charge on any atom is 0.0795 e. The molecule has 0 spiro atoms. The van der Waals surface area contributed by atoms with E-state index in [0.29, 0.717) is 6.42 Å². The molecule has 0 amide bonds. The Kier molecular flexibility index (Phi) is 2.69. The fraction of sp³-hybridized carbons (Fsp3) is 0.500. The minimum absolute atomic E-state index is 0.291. The van der Waals surface area contributed by atoms with Crippen LogP contribution in [0.4, 0.5) is 0 Å². The van der Waals surface area contributed by atoms with Crippen LogP contribution < -0.4 is 0 Å². The van der Waals surface area contributed by atoms with Gasteiger partial charge in [0.15, 0.2) is 0 Å². The Morgan fingerprint density at radius 3 is 2.70 bits per heavy atom. The lowest BCUT2D eigenvalue weighted by molar-refractivity contribution is 0.205. The van der Waals surface area contributed by atoms with Crippen LogP contribution in [0, 0.1) is 0 Å². The molecule has 1 nitrogen and oxygen atoms in total. The summed E-state index contributed by atoms with van der Waals surface area (Å²) in [6, 6.07) is 0. The van der Waals surface area contributed by atoms with Crippen molar-refractivity contribution in [3.05, 3.63) is 22.7 Å². The van der Waals surface area contributed by atoms with Gasteiger partial charge in [0.1, 0.15) is 0 Å². The maximum absolute atomic E-state index is 9.38. The predicted octanol–water partition coefficient (Wildman–Crippen LogP) is 2.37. The summed E-state index contributed by atoms with van der Waals surface area (Å²) in [6.07, 6.45) is 4.25. The van der Waals surface area contributed by atoms with E-state index in [2.05, 4.69) is 22.5 Å². The zero-order valence-electron chi connectivity index (χ0n) is 5.81. The SMILES string of the molecule is C=CCC(O)C1=C(Br)CC1. The van der Waals surface area contributed by atoms with Crippen LogP contribution in [0.25, 0.3) is 0 Å². The molecule has 0 heterocycles. The monoisotopic (exact) mass is 202 g/mol. The van der Waals surface area contributed by atoms with Crippen LogP contribution in [-0.4, -0.2) is 11.2 Å². The Bertz CT molecular complexity index is 172. The minimum atomic E-state index is -0.291. The van der Waals surface area contributed by atoms with Crippen LogP contribution >= 0.6 is 15.9 Å². The topological polar surface area (TPSA) is 20.2 Å². The molecule has 0 bridgehead atoms. The summed E-state index contributed by atoms with van der Waals surface area (Å²) in [5, 5.41) is 9.38. The van der Waals surface area contributed by atoms with E-state index in [1.54, 1.807) is 6.08 Å². The first-order valence-corrected chi connectivity index (χ1v) is 4.21. The van der Waals surface area contributed by atoms with Gasteiger partial charge in [0.25, 0.3) is 0 Å². The van der Waals surface area contributed by atoms with E-state index >= 15 is 0 Å². The molecule has 0 saturated carbocycles. The van der Waals surface area contributed by atoms with E-state index in [0.717, 1.165) is 18.4 Å². The largest absolute Gasteiger partial charge is 0.388 e. The quantitative estimate of drug-likeness (QED) is 0.698. The Morgan fingerprint density at radius 2 is 2.40 bits per heavy atom. The van der Waals surface area contributed by atoms with Crippen LogP contribution in [-0.2, 0) is 0 Å². The first-order chi connectivity index (χ1) is 4.75. The Hall–Kier alpha value is -0.0800. The van der Waals surface area contributed by atoms with Crippen LogP contribution in [0.5, 0.6) is 0 Å². The zero-order chi connectivity index (χ0) is 7.56. The molecule has 1 rings (SSSR count). The van der Waals surface area contributed by atoms with Gasteiger partial charge in [0, 0.05) is 0 Å². The number of aliphatic hydroxyl groups excluding tert-OH is 1. The molecule has 10 heavy (non-hydrogen) atoms. The predicted molar refractivity (Wildman–Crippen MR) is 46.0 cm³/mol. The minimum Gasteiger partial charge on any atom is -0.388 e. The van der Waals surface area contributed by atoms with Gasteiger partial charge in [-0.05, 0) is 29.3 Å². The van der Waals surface area contributed by atoms with Crippen molar-refractivity contribution in [2.24, 2.45) is 0 Å². The molecule has 1 atom stereocenters. The lowest BCUT2D eigenvalue weighted by Crippen LogP contribution is -2.15. The van der Waals surface area contributed by atoms with Gasteiger partial charge in [-0.2, -0.15) is 0 Å². The molecular formula is C8H11BrO. The smallest absolute Gasteiger partial charge is 0.0795 e. The van der Waals surface area contributed by atoms with Gasteiger partial charge >= 0.3 is 0 Å². The number of rotatable bonds is 3. The number of hydrogen-bond donors (Lipinski definition) is 1. The Labute approximate surface area is 69.6 Å². The third-order valence-corrected chi connectivity index (χ3v) is 2.66. The van der Waals surface area contributed by atoms with Gasteiger partial charge in [0.05, 0.1) is 6.10 Å². The first kappa shape index (κ1) is 8.02. The molecule has 0 aromatic heterocycles. The van der Waals surface area contributed by atoms with Crippen molar-refractivity contribution < 1.29 is 5.11 Å². The number of allylic oxidation sites excluding steroid dienone is 1. The van der Waals surface area contributed by atoms with Gasteiger partial charge in [-0.15, -0.1) is 6.58 Å². The van der Waals surface area contributed by atoms with Crippen molar-refractivity contribution in [3.8, 4) is 0 Å². The first-order valence-electron chi connectivity index (χ1n) is 3.42. The third-order valence-electron chi connectivity index (χ3n) is 1.75. The molecule has 56 valence electrons. The molecule has 0 saturated heterocycles. The second-order valence-electron chi connectivity index (χ2n) is 2.47. The molecular weight excluding hydrogens is 192 g/mol. The highest BCUT2D eigenvalue weighted by atomic mass is 79.9. The Morgan fingerprint density at radius 1 is 1.70 bits per heavy atom. The average Bonchev–Trinajstić information content (AvgIpc) is 1.85. The molecule has 1 aliphatic rings. The lowest BCUT2D eigenvalue weighted by Gasteiger charge is -2.23. The molecule has 0 aliphatic heterocycles. The van der Waals surface area contributed by atoms with E-state index in [4.69, 9.17) is 0 Å². The third kappa shape index (κ3) is 1.50.